The molecule has 10 heteroatoms. The lowest BCUT2D eigenvalue weighted by molar-refractivity contribution is -0.154. The molecular formula is C22H16F3N3O3S. The van der Waals surface area contributed by atoms with E-state index in [-0.39, 0.29) is 17.4 Å². The molecule has 32 heavy (non-hydrogen) atoms. The molecule has 1 amide bonds. The summed E-state index contributed by atoms with van der Waals surface area (Å²) in [5.41, 5.74) is 0.743. The first kappa shape index (κ1) is 21.6. The van der Waals surface area contributed by atoms with Crippen molar-refractivity contribution in [1.29, 1.82) is 0 Å². The van der Waals surface area contributed by atoms with Gasteiger partial charge in [0.2, 0.25) is 5.88 Å². The number of alkyl halides is 3. The topological polar surface area (TPSA) is 73.3 Å². The maximum absolute atomic E-state index is 12.9. The number of aromatic nitrogens is 2. The van der Waals surface area contributed by atoms with E-state index in [1.807, 2.05) is 24.3 Å². The van der Waals surface area contributed by atoms with Gasteiger partial charge in [-0.05, 0) is 29.7 Å². The summed E-state index contributed by atoms with van der Waals surface area (Å²) >= 11 is 1.29. The van der Waals surface area contributed by atoms with E-state index in [0.717, 1.165) is 16.3 Å². The van der Waals surface area contributed by atoms with Crippen LogP contribution in [0.2, 0.25) is 0 Å². The minimum absolute atomic E-state index is 0.0448. The van der Waals surface area contributed by atoms with Gasteiger partial charge in [-0.25, -0.2) is 4.98 Å². The summed E-state index contributed by atoms with van der Waals surface area (Å²) in [5, 5.41) is 3.56. The summed E-state index contributed by atoms with van der Waals surface area (Å²) in [7, 11) is 1.47. The molecule has 164 valence electrons. The smallest absolute Gasteiger partial charge is 0.422 e. The molecule has 0 aliphatic heterocycles. The molecule has 2 aromatic heterocycles. The predicted octanol–water partition coefficient (Wildman–Crippen LogP) is 5.56. The molecule has 0 fully saturated rings. The number of para-hydroxylation sites is 1. The van der Waals surface area contributed by atoms with Crippen LogP contribution in [-0.2, 0) is 0 Å². The van der Waals surface area contributed by atoms with Crippen LogP contribution in [0, 0.1) is 0 Å². The summed E-state index contributed by atoms with van der Waals surface area (Å²) in [6.45, 7) is -1.53. The Bertz CT molecular complexity index is 1240. The average Bonchev–Trinajstić information content (AvgIpc) is 3.22. The number of fused-ring (bicyclic) bond motifs is 1. The van der Waals surface area contributed by atoms with E-state index in [4.69, 9.17) is 9.47 Å². The zero-order valence-electron chi connectivity index (χ0n) is 16.6. The molecule has 0 unspecified atom stereocenters. The van der Waals surface area contributed by atoms with Crippen LogP contribution in [0.25, 0.3) is 21.3 Å². The first-order chi connectivity index (χ1) is 15.3. The van der Waals surface area contributed by atoms with Gasteiger partial charge in [0.1, 0.15) is 11.4 Å². The number of nitrogens with one attached hydrogen (secondary N) is 1. The van der Waals surface area contributed by atoms with Gasteiger partial charge in [0.25, 0.3) is 5.91 Å². The zero-order valence-corrected chi connectivity index (χ0v) is 17.5. The number of hydrogen-bond acceptors (Lipinski definition) is 6. The third kappa shape index (κ3) is 4.80. The minimum Gasteiger partial charge on any atom is -0.496 e. The van der Waals surface area contributed by atoms with Gasteiger partial charge >= 0.3 is 6.18 Å². The van der Waals surface area contributed by atoms with Gasteiger partial charge in [0, 0.05) is 10.3 Å². The first-order valence-corrected chi connectivity index (χ1v) is 10.2. The molecular weight excluding hydrogens is 443 g/mol. The maximum atomic E-state index is 12.9. The van der Waals surface area contributed by atoms with Crippen molar-refractivity contribution in [3.05, 3.63) is 65.7 Å². The Morgan fingerprint density at radius 2 is 1.88 bits per heavy atom. The Kier molecular flexibility index (Phi) is 5.95. The van der Waals surface area contributed by atoms with Crippen molar-refractivity contribution in [3.63, 3.8) is 0 Å². The van der Waals surface area contributed by atoms with Gasteiger partial charge in [-0.1, -0.05) is 30.3 Å². The van der Waals surface area contributed by atoms with Crippen molar-refractivity contribution in [2.75, 3.05) is 19.0 Å². The zero-order chi connectivity index (χ0) is 22.7. The molecule has 2 heterocycles. The minimum atomic E-state index is -4.54. The predicted molar refractivity (Wildman–Crippen MR) is 115 cm³/mol. The van der Waals surface area contributed by atoms with E-state index in [2.05, 4.69) is 15.3 Å². The van der Waals surface area contributed by atoms with Crippen molar-refractivity contribution in [2.45, 2.75) is 6.18 Å². The molecule has 4 aromatic rings. The Morgan fingerprint density at radius 1 is 1.12 bits per heavy atom. The average molecular weight is 459 g/mol. The number of nitrogens with zero attached hydrogens (tertiary/aromatic N) is 2. The molecule has 0 spiro atoms. The second-order valence-corrected chi connectivity index (χ2v) is 7.70. The summed E-state index contributed by atoms with van der Waals surface area (Å²) in [6.07, 6.45) is -3.47. The highest BCUT2D eigenvalue weighted by Gasteiger charge is 2.29. The molecule has 1 N–H and O–H groups in total. The van der Waals surface area contributed by atoms with E-state index < -0.39 is 18.7 Å². The van der Waals surface area contributed by atoms with Crippen LogP contribution in [-0.4, -0.2) is 35.8 Å². The standard InChI is InChI=1S/C22H16F3N3O3S/c1-30-15-8-4-3-7-14(15)19-20(27-18(11-26-19)31-12-22(23,24)25)28-21(29)17-10-13-6-2-5-9-16(13)32-17/h2-11H,12H2,1H3,(H,27,28,29). The number of anilines is 1. The number of carbonyl (C=O) groups excluding carboxylic acids is 1. The number of rotatable bonds is 6. The Morgan fingerprint density at radius 3 is 2.62 bits per heavy atom. The monoisotopic (exact) mass is 459 g/mol. The van der Waals surface area contributed by atoms with E-state index in [9.17, 15) is 18.0 Å². The molecule has 6 nitrogen and oxygen atoms in total. The van der Waals surface area contributed by atoms with Crippen molar-refractivity contribution in [1.82, 2.24) is 9.97 Å². The lowest BCUT2D eigenvalue weighted by Gasteiger charge is -2.14. The molecule has 0 bridgehead atoms. The van der Waals surface area contributed by atoms with Crippen LogP contribution in [0.4, 0.5) is 19.0 Å². The first-order valence-electron chi connectivity index (χ1n) is 9.34. The van der Waals surface area contributed by atoms with E-state index in [1.165, 1.54) is 18.4 Å². The third-order valence-corrected chi connectivity index (χ3v) is 5.49. The molecule has 4 rings (SSSR count). The number of thiophene rings is 1. The lowest BCUT2D eigenvalue weighted by atomic mass is 10.1. The quantitative estimate of drug-likeness (QED) is 0.409. The SMILES string of the molecule is COc1ccccc1-c1ncc(OCC(F)(F)F)nc1NC(=O)c1cc2ccccc2s1. The Balaban J connectivity index is 1.71. The number of carbonyl (C=O) groups is 1. The van der Waals surface area contributed by atoms with Crippen LogP contribution in [0.5, 0.6) is 11.6 Å². The van der Waals surface area contributed by atoms with Gasteiger partial charge in [-0.15, -0.1) is 11.3 Å². The van der Waals surface area contributed by atoms with Crippen molar-refractivity contribution < 1.29 is 27.4 Å². The molecule has 0 aliphatic rings. The largest absolute Gasteiger partial charge is 0.496 e. The molecule has 0 saturated carbocycles. The fraction of sp³-hybridized carbons (Fsp3) is 0.136. The Labute approximate surface area is 184 Å². The van der Waals surface area contributed by atoms with E-state index in [0.29, 0.717) is 16.2 Å². The number of benzene rings is 2. The van der Waals surface area contributed by atoms with Crippen molar-refractivity contribution >= 4 is 33.1 Å². The van der Waals surface area contributed by atoms with Crippen molar-refractivity contribution in [2.24, 2.45) is 0 Å². The number of amides is 1. The van der Waals surface area contributed by atoms with Gasteiger partial charge in [0.15, 0.2) is 12.4 Å². The summed E-state index contributed by atoms with van der Waals surface area (Å²) < 4.78 is 48.7. The molecule has 2 aromatic carbocycles. The second-order valence-electron chi connectivity index (χ2n) is 6.61. The van der Waals surface area contributed by atoms with Gasteiger partial charge in [-0.2, -0.15) is 18.2 Å². The van der Waals surface area contributed by atoms with Crippen LogP contribution in [0.15, 0.2) is 60.8 Å². The van der Waals surface area contributed by atoms with Crippen LogP contribution in [0.3, 0.4) is 0 Å². The van der Waals surface area contributed by atoms with E-state index in [1.54, 1.807) is 30.3 Å². The second kappa shape index (κ2) is 8.83. The summed E-state index contributed by atoms with van der Waals surface area (Å²) in [5.74, 6) is -0.419. The highest BCUT2D eigenvalue weighted by Crippen LogP contribution is 2.34. The molecule has 0 atom stereocenters. The van der Waals surface area contributed by atoms with Gasteiger partial charge in [-0.3, -0.25) is 4.79 Å². The van der Waals surface area contributed by atoms with Crippen molar-refractivity contribution in [3.8, 4) is 22.9 Å². The number of hydrogen-bond donors (Lipinski definition) is 1. The highest BCUT2D eigenvalue weighted by molar-refractivity contribution is 7.20. The van der Waals surface area contributed by atoms with Gasteiger partial charge in [0.05, 0.1) is 18.2 Å². The van der Waals surface area contributed by atoms with Gasteiger partial charge < -0.3 is 14.8 Å². The molecule has 0 aliphatic carbocycles. The number of methoxy groups -OCH3 is 1. The molecule has 0 saturated heterocycles. The number of halogens is 3. The Hall–Kier alpha value is -3.66. The fourth-order valence-corrected chi connectivity index (χ4v) is 3.94. The summed E-state index contributed by atoms with van der Waals surface area (Å²) in [4.78, 5) is 21.6. The lowest BCUT2D eigenvalue weighted by Crippen LogP contribution is -2.20. The van der Waals surface area contributed by atoms with Crippen LogP contribution >= 0.6 is 11.3 Å². The third-order valence-electron chi connectivity index (χ3n) is 4.38. The fourth-order valence-electron chi connectivity index (χ4n) is 2.99. The normalized spacial score (nSPS) is 11.4. The molecule has 0 radical (unpaired) electrons. The van der Waals surface area contributed by atoms with Crippen LogP contribution in [0.1, 0.15) is 9.67 Å². The number of ether oxygens (including phenoxy) is 2. The van der Waals surface area contributed by atoms with E-state index >= 15 is 0 Å². The summed E-state index contributed by atoms with van der Waals surface area (Å²) in [6, 6.07) is 16.1. The maximum Gasteiger partial charge on any atom is 0.422 e. The highest BCUT2D eigenvalue weighted by atomic mass is 32.1. The van der Waals surface area contributed by atoms with Crippen LogP contribution < -0.4 is 14.8 Å².